The predicted molar refractivity (Wildman–Crippen MR) is 92.4 cm³/mol. The Morgan fingerprint density at radius 1 is 1.40 bits per heavy atom. The molecule has 2 unspecified atom stereocenters. The van der Waals surface area contributed by atoms with Gasteiger partial charge in [0, 0.05) is 24.8 Å². The zero-order chi connectivity index (χ0) is 18.4. The Morgan fingerprint density at radius 3 is 2.84 bits per heavy atom. The Hall–Kier alpha value is -1.76. The molecule has 1 amide bonds. The summed E-state index contributed by atoms with van der Waals surface area (Å²) in [6.07, 6.45) is -1.96. The van der Waals surface area contributed by atoms with Crippen LogP contribution in [0.5, 0.6) is 0 Å². The number of likely N-dealkylation sites (tertiary alicyclic amines) is 1. The monoisotopic (exact) mass is 357 g/mol. The number of piperidine rings is 1. The maximum atomic E-state index is 12.7. The summed E-state index contributed by atoms with van der Waals surface area (Å²) in [5, 5.41) is 5.64. The number of carbonyl (C=O) groups is 1. The van der Waals surface area contributed by atoms with Crippen LogP contribution in [0.1, 0.15) is 32.3 Å². The predicted octanol–water partition coefficient (Wildman–Crippen LogP) is 3.35. The topological polar surface area (TPSA) is 44.4 Å². The fraction of sp³-hybridized carbons (Fsp3) is 0.611. The fourth-order valence-electron chi connectivity index (χ4n) is 3.20. The molecule has 0 radical (unpaired) electrons. The molecule has 1 saturated heterocycles. The van der Waals surface area contributed by atoms with Crippen LogP contribution in [0.15, 0.2) is 24.3 Å². The molecule has 7 heteroatoms. The van der Waals surface area contributed by atoms with Crippen LogP contribution in [0.2, 0.25) is 0 Å². The molecule has 2 atom stereocenters. The van der Waals surface area contributed by atoms with E-state index >= 15 is 0 Å². The van der Waals surface area contributed by atoms with Gasteiger partial charge in [-0.25, -0.2) is 0 Å². The molecule has 25 heavy (non-hydrogen) atoms. The number of nitrogens with one attached hydrogen (secondary N) is 2. The minimum Gasteiger partial charge on any atom is -0.376 e. The van der Waals surface area contributed by atoms with Crippen LogP contribution in [0.4, 0.5) is 18.9 Å². The summed E-state index contributed by atoms with van der Waals surface area (Å²) in [6, 6.07) is 4.85. The van der Waals surface area contributed by atoms with Gasteiger partial charge in [0.1, 0.15) is 0 Å². The van der Waals surface area contributed by atoms with Gasteiger partial charge in [0.15, 0.2) is 0 Å². The van der Waals surface area contributed by atoms with Crippen LogP contribution < -0.4 is 10.6 Å². The molecular weight excluding hydrogens is 331 g/mol. The summed E-state index contributed by atoms with van der Waals surface area (Å²) in [5.41, 5.74) is -0.451. The number of carbonyl (C=O) groups excluding carboxylic acids is 1. The van der Waals surface area contributed by atoms with Crippen molar-refractivity contribution in [2.24, 2.45) is 5.92 Å². The molecule has 140 valence electrons. The van der Waals surface area contributed by atoms with Gasteiger partial charge < -0.3 is 15.5 Å². The Bertz CT molecular complexity index is 577. The zero-order valence-electron chi connectivity index (χ0n) is 14.7. The number of amides is 1. The molecule has 1 aliphatic rings. The Kier molecular flexibility index (Phi) is 6.70. The Balaban J connectivity index is 1.76. The third-order valence-corrected chi connectivity index (χ3v) is 4.32. The van der Waals surface area contributed by atoms with Crippen LogP contribution in [0, 0.1) is 5.92 Å². The van der Waals surface area contributed by atoms with Crippen LogP contribution in [0.3, 0.4) is 0 Å². The number of benzene rings is 1. The number of halogens is 3. The molecule has 1 aromatic carbocycles. The van der Waals surface area contributed by atoms with Crippen molar-refractivity contribution in [2.75, 3.05) is 31.5 Å². The van der Waals surface area contributed by atoms with Crippen molar-refractivity contribution in [3.8, 4) is 0 Å². The van der Waals surface area contributed by atoms with Crippen molar-refractivity contribution in [3.63, 3.8) is 0 Å². The molecule has 4 nitrogen and oxygen atoms in total. The van der Waals surface area contributed by atoms with Crippen LogP contribution in [0.25, 0.3) is 0 Å². The minimum absolute atomic E-state index is 0.00103. The van der Waals surface area contributed by atoms with Gasteiger partial charge in [-0.1, -0.05) is 13.0 Å². The van der Waals surface area contributed by atoms with E-state index in [1.54, 1.807) is 0 Å². The van der Waals surface area contributed by atoms with E-state index < -0.39 is 11.7 Å². The summed E-state index contributed by atoms with van der Waals surface area (Å²) in [4.78, 5) is 14.3. The van der Waals surface area contributed by atoms with E-state index in [-0.39, 0.29) is 24.2 Å². The molecule has 1 heterocycles. The van der Waals surface area contributed by atoms with Gasteiger partial charge >= 0.3 is 6.18 Å². The van der Waals surface area contributed by atoms with Crippen LogP contribution in [-0.2, 0) is 11.0 Å². The molecule has 0 bridgehead atoms. The van der Waals surface area contributed by atoms with E-state index in [9.17, 15) is 18.0 Å². The first-order valence-corrected chi connectivity index (χ1v) is 8.67. The molecule has 2 rings (SSSR count). The van der Waals surface area contributed by atoms with E-state index in [1.165, 1.54) is 25.0 Å². The lowest BCUT2D eigenvalue weighted by Crippen LogP contribution is -2.46. The van der Waals surface area contributed by atoms with Gasteiger partial charge in [-0.2, -0.15) is 13.2 Å². The van der Waals surface area contributed by atoms with Crippen LogP contribution >= 0.6 is 0 Å². The van der Waals surface area contributed by atoms with Gasteiger partial charge in [0.25, 0.3) is 0 Å². The van der Waals surface area contributed by atoms with E-state index in [2.05, 4.69) is 22.5 Å². The average molecular weight is 357 g/mol. The second-order valence-corrected chi connectivity index (χ2v) is 6.91. The smallest absolute Gasteiger partial charge is 0.376 e. The van der Waals surface area contributed by atoms with E-state index in [1.807, 2.05) is 6.92 Å². The number of nitrogens with zero attached hydrogens (tertiary/aromatic N) is 1. The molecule has 1 aliphatic heterocycles. The normalized spacial score (nSPS) is 20.1. The van der Waals surface area contributed by atoms with E-state index in [0.717, 1.165) is 31.8 Å². The largest absolute Gasteiger partial charge is 0.416 e. The van der Waals surface area contributed by atoms with Crippen LogP contribution in [-0.4, -0.2) is 43.0 Å². The lowest BCUT2D eigenvalue weighted by atomic mass is 10.00. The van der Waals surface area contributed by atoms with Gasteiger partial charge in [-0.3, -0.25) is 4.79 Å². The van der Waals surface area contributed by atoms with Gasteiger partial charge in [0.05, 0.1) is 12.1 Å². The molecule has 2 N–H and O–H groups in total. The van der Waals surface area contributed by atoms with E-state index in [4.69, 9.17) is 0 Å². The lowest BCUT2D eigenvalue weighted by molar-refractivity contribution is -0.137. The highest BCUT2D eigenvalue weighted by molar-refractivity contribution is 5.81. The van der Waals surface area contributed by atoms with Crippen molar-refractivity contribution in [2.45, 2.75) is 38.9 Å². The quantitative estimate of drug-likeness (QED) is 0.821. The number of alkyl halides is 3. The first-order chi connectivity index (χ1) is 11.7. The third-order valence-electron chi connectivity index (χ3n) is 4.32. The second-order valence-electron chi connectivity index (χ2n) is 6.91. The molecule has 0 saturated carbocycles. The SMILES string of the molecule is CC1CCCN(CC(C)NC(=O)CNc2cccc(C(F)(F)F)c2)C1. The van der Waals surface area contributed by atoms with E-state index in [0.29, 0.717) is 5.92 Å². The van der Waals surface area contributed by atoms with Crippen molar-refractivity contribution in [1.29, 1.82) is 0 Å². The molecule has 0 spiro atoms. The highest BCUT2D eigenvalue weighted by Crippen LogP contribution is 2.30. The highest BCUT2D eigenvalue weighted by Gasteiger charge is 2.30. The minimum atomic E-state index is -4.39. The highest BCUT2D eigenvalue weighted by atomic mass is 19.4. The third kappa shape index (κ3) is 6.57. The van der Waals surface area contributed by atoms with Gasteiger partial charge in [-0.05, 0) is 50.4 Å². The number of anilines is 1. The summed E-state index contributed by atoms with van der Waals surface area (Å²) in [7, 11) is 0. The number of hydrogen-bond donors (Lipinski definition) is 2. The van der Waals surface area contributed by atoms with Crippen molar-refractivity contribution >= 4 is 11.6 Å². The first kappa shape index (κ1) is 19.6. The second kappa shape index (κ2) is 8.56. The Morgan fingerprint density at radius 2 is 2.16 bits per heavy atom. The van der Waals surface area contributed by atoms with Gasteiger partial charge in [0.2, 0.25) is 5.91 Å². The van der Waals surface area contributed by atoms with Crippen molar-refractivity contribution in [1.82, 2.24) is 10.2 Å². The Labute approximate surface area is 146 Å². The summed E-state index contributed by atoms with van der Waals surface area (Å²) >= 11 is 0. The number of hydrogen-bond acceptors (Lipinski definition) is 3. The average Bonchev–Trinajstić information content (AvgIpc) is 2.52. The molecule has 0 aliphatic carbocycles. The number of rotatable bonds is 6. The maximum absolute atomic E-state index is 12.7. The maximum Gasteiger partial charge on any atom is 0.416 e. The molecule has 1 aromatic rings. The molecular formula is C18H26F3N3O. The summed E-state index contributed by atoms with van der Waals surface area (Å²) in [5.74, 6) is 0.453. The summed E-state index contributed by atoms with van der Waals surface area (Å²) in [6.45, 7) is 7.01. The van der Waals surface area contributed by atoms with Crippen molar-refractivity contribution in [3.05, 3.63) is 29.8 Å². The molecule has 1 fully saturated rings. The fourth-order valence-corrected chi connectivity index (χ4v) is 3.20. The van der Waals surface area contributed by atoms with Crippen molar-refractivity contribution < 1.29 is 18.0 Å². The first-order valence-electron chi connectivity index (χ1n) is 8.67. The summed E-state index contributed by atoms with van der Waals surface area (Å²) < 4.78 is 38.0. The zero-order valence-corrected chi connectivity index (χ0v) is 14.7. The molecule has 0 aromatic heterocycles. The standard InChI is InChI=1S/C18H26F3N3O/c1-13-5-4-8-24(11-13)12-14(2)23-17(25)10-22-16-7-3-6-15(9-16)18(19,20)21/h3,6-7,9,13-14,22H,4-5,8,10-12H2,1-2H3,(H,23,25). The lowest BCUT2D eigenvalue weighted by Gasteiger charge is -2.32. The van der Waals surface area contributed by atoms with Gasteiger partial charge in [-0.15, -0.1) is 0 Å².